The molecule has 0 bridgehead atoms. The van der Waals surface area contributed by atoms with Gasteiger partial charge in [0.15, 0.2) is 6.29 Å². The summed E-state index contributed by atoms with van der Waals surface area (Å²) < 4.78 is 12.5. The molecule has 5 rings (SSSR count). The highest BCUT2D eigenvalue weighted by Gasteiger charge is 2.69. The van der Waals surface area contributed by atoms with Crippen molar-refractivity contribution in [1.29, 1.82) is 0 Å². The molecule has 9 heteroatoms. The number of rotatable bonds is 7. The highest BCUT2D eigenvalue weighted by molar-refractivity contribution is 5.18. The lowest BCUT2D eigenvalue weighted by atomic mass is 9.39. The van der Waals surface area contributed by atoms with Crippen LogP contribution < -0.4 is 0 Å². The first kappa shape index (κ1) is 34.7. The first-order valence-corrected chi connectivity index (χ1v) is 17.1. The average molecular weight is 625 g/mol. The van der Waals surface area contributed by atoms with Crippen LogP contribution in [0.4, 0.5) is 0 Å². The minimum Gasteiger partial charge on any atom is -0.394 e. The van der Waals surface area contributed by atoms with Crippen molar-refractivity contribution in [3.05, 3.63) is 11.6 Å². The zero-order valence-electron chi connectivity index (χ0n) is 27.9. The topological polar surface area (TPSA) is 160 Å². The predicted octanol–water partition coefficient (Wildman–Crippen LogP) is 2.91. The van der Waals surface area contributed by atoms with E-state index in [0.29, 0.717) is 25.7 Å². The maximum Gasteiger partial charge on any atom is 0.186 e. The molecule has 7 N–H and O–H groups in total. The van der Waals surface area contributed by atoms with E-state index in [9.17, 15) is 35.7 Å². The number of allylic oxidation sites excluding steroid dienone is 2. The van der Waals surface area contributed by atoms with Gasteiger partial charge in [0, 0.05) is 0 Å². The van der Waals surface area contributed by atoms with E-state index in [-0.39, 0.29) is 40.4 Å². The third-order valence-electron chi connectivity index (χ3n) is 13.6. The first-order chi connectivity index (χ1) is 20.4. The molecule has 0 amide bonds. The zero-order valence-corrected chi connectivity index (χ0v) is 27.9. The zero-order chi connectivity index (χ0) is 32.6. The molecule has 0 aromatic rings. The molecule has 254 valence electrons. The van der Waals surface area contributed by atoms with E-state index >= 15 is 0 Å². The summed E-state index contributed by atoms with van der Waals surface area (Å²) in [5.74, 6) is 0.106. The summed E-state index contributed by atoms with van der Waals surface area (Å²) in [6.45, 7) is 14.3. The van der Waals surface area contributed by atoms with Crippen LogP contribution in [0.3, 0.4) is 0 Å². The molecule has 5 aliphatic rings. The Bertz CT molecular complexity index is 1050. The first-order valence-electron chi connectivity index (χ1n) is 17.1. The normalized spacial score (nSPS) is 51.5. The Morgan fingerprint density at radius 2 is 1.55 bits per heavy atom. The summed E-state index contributed by atoms with van der Waals surface area (Å²) >= 11 is 0. The quantitative estimate of drug-likeness (QED) is 0.167. The molecule has 0 radical (unpaired) electrons. The summed E-state index contributed by atoms with van der Waals surface area (Å²) in [6, 6.07) is 0. The van der Waals surface area contributed by atoms with Crippen LogP contribution in [0.5, 0.6) is 0 Å². The summed E-state index contributed by atoms with van der Waals surface area (Å²) in [4.78, 5) is 0. The van der Waals surface area contributed by atoms with Crippen molar-refractivity contribution in [3.63, 3.8) is 0 Å². The highest BCUT2D eigenvalue weighted by atomic mass is 16.7. The Morgan fingerprint density at radius 1 is 0.909 bits per heavy atom. The second kappa shape index (κ2) is 12.1. The largest absolute Gasteiger partial charge is 0.394 e. The lowest BCUT2D eigenvalue weighted by molar-refractivity contribution is -0.338. The van der Waals surface area contributed by atoms with Gasteiger partial charge in [0.2, 0.25) is 0 Å². The predicted molar refractivity (Wildman–Crippen MR) is 165 cm³/mol. The van der Waals surface area contributed by atoms with Crippen molar-refractivity contribution < 1.29 is 45.2 Å². The van der Waals surface area contributed by atoms with E-state index in [1.807, 2.05) is 6.92 Å². The van der Waals surface area contributed by atoms with Crippen LogP contribution in [0, 0.1) is 45.8 Å². The molecule has 9 nitrogen and oxygen atoms in total. The van der Waals surface area contributed by atoms with Gasteiger partial charge in [-0.05, 0) is 118 Å². The molecule has 4 saturated carbocycles. The second-order valence-corrected chi connectivity index (χ2v) is 16.8. The van der Waals surface area contributed by atoms with Gasteiger partial charge in [-0.2, -0.15) is 0 Å². The van der Waals surface area contributed by atoms with E-state index in [1.54, 1.807) is 0 Å². The summed E-state index contributed by atoms with van der Waals surface area (Å²) in [5.41, 5.74) is -0.755. The maximum absolute atomic E-state index is 12.0. The molecule has 0 unspecified atom stereocenters. The van der Waals surface area contributed by atoms with E-state index in [4.69, 9.17) is 9.47 Å². The molecule has 4 aliphatic carbocycles. The molecule has 1 saturated heterocycles. The summed E-state index contributed by atoms with van der Waals surface area (Å²) in [5, 5.41) is 76.7. The van der Waals surface area contributed by atoms with Crippen molar-refractivity contribution in [2.75, 3.05) is 6.61 Å². The monoisotopic (exact) mass is 624 g/mol. The van der Waals surface area contributed by atoms with Crippen LogP contribution in [0.25, 0.3) is 0 Å². The van der Waals surface area contributed by atoms with Crippen molar-refractivity contribution in [3.8, 4) is 0 Å². The van der Waals surface area contributed by atoms with Crippen LogP contribution in [-0.4, -0.2) is 97.0 Å². The van der Waals surface area contributed by atoms with Crippen molar-refractivity contribution in [1.82, 2.24) is 0 Å². The Labute approximate surface area is 263 Å². The molecule has 1 aliphatic heterocycles. The fourth-order valence-electron chi connectivity index (χ4n) is 11.4. The van der Waals surface area contributed by atoms with E-state index in [1.165, 1.54) is 5.57 Å². The molecular weight excluding hydrogens is 564 g/mol. The van der Waals surface area contributed by atoms with Gasteiger partial charge in [-0.15, -0.1) is 0 Å². The van der Waals surface area contributed by atoms with Crippen molar-refractivity contribution in [2.24, 2.45) is 45.8 Å². The van der Waals surface area contributed by atoms with Crippen molar-refractivity contribution in [2.45, 2.75) is 154 Å². The van der Waals surface area contributed by atoms with Gasteiger partial charge in [-0.3, -0.25) is 0 Å². The molecule has 1 heterocycles. The van der Waals surface area contributed by atoms with Gasteiger partial charge in [0.05, 0.1) is 30.5 Å². The molecule has 0 aromatic carbocycles. The van der Waals surface area contributed by atoms with Gasteiger partial charge >= 0.3 is 0 Å². The van der Waals surface area contributed by atoms with Crippen LogP contribution in [0.15, 0.2) is 11.6 Å². The number of ether oxygens (including phenoxy) is 2. The third-order valence-corrected chi connectivity index (χ3v) is 13.6. The molecular formula is C35H60O9. The Morgan fingerprint density at radius 3 is 2.18 bits per heavy atom. The molecule has 5 fully saturated rings. The SMILES string of the molecule is CC(C)=CCC[C@](C)(O)[C@H]1CC[C@]2(C)[C@@H]1[C@H](O)C[C@H]1[C@H]2C[C@H](O[C@@H]2O[C@H](CO)[C@@H](O)[C@H](O)[C@H]2O)[C@H]2C(C)(C)[C@@H](O)CC[C@]12C. The number of fused-ring (bicyclic) bond motifs is 5. The van der Waals surface area contributed by atoms with Crippen LogP contribution in [-0.2, 0) is 9.47 Å². The smallest absolute Gasteiger partial charge is 0.186 e. The van der Waals surface area contributed by atoms with Crippen LogP contribution in [0.1, 0.15) is 99.8 Å². The molecule has 0 aromatic heterocycles. The van der Waals surface area contributed by atoms with E-state index in [0.717, 1.165) is 25.7 Å². The second-order valence-electron chi connectivity index (χ2n) is 16.8. The molecule has 0 spiro atoms. The highest BCUT2D eigenvalue weighted by Crippen LogP contribution is 2.71. The molecule has 16 atom stereocenters. The lowest BCUT2D eigenvalue weighted by Crippen LogP contribution is -2.67. The third kappa shape index (κ3) is 5.54. The van der Waals surface area contributed by atoms with Gasteiger partial charge in [-0.1, -0.05) is 39.3 Å². The Kier molecular flexibility index (Phi) is 9.56. The number of hydrogen-bond donors (Lipinski definition) is 7. The standard InChI is InChI=1S/C35H60O9/c1-18(2)9-8-12-35(7,42)19-10-13-33(5)21-16-23(43-31-29(41)28(40)27(39)24(17-36)44-31)30-32(3,4)25(38)11-14-34(30,6)20(21)15-22(37)26(19)33/h9,19-31,36-42H,8,10-17H2,1-7H3/t19-,20-,21+,22+,23-,24+,25-,26-,27+,28-,29+,30-,31+,33-,34+,35-/m0/s1. The number of aliphatic hydroxyl groups excluding tert-OH is 6. The van der Waals surface area contributed by atoms with Gasteiger partial charge in [-0.25, -0.2) is 0 Å². The summed E-state index contributed by atoms with van der Waals surface area (Å²) in [7, 11) is 0. The fourth-order valence-corrected chi connectivity index (χ4v) is 11.4. The van der Waals surface area contributed by atoms with E-state index in [2.05, 4.69) is 47.6 Å². The van der Waals surface area contributed by atoms with E-state index < -0.39 is 66.6 Å². The minimum atomic E-state index is -1.53. The van der Waals surface area contributed by atoms with Crippen LogP contribution in [0.2, 0.25) is 0 Å². The number of aliphatic hydroxyl groups is 7. The minimum absolute atomic E-state index is 0.0334. The Hall–Kier alpha value is -0.620. The average Bonchev–Trinajstić information content (AvgIpc) is 3.32. The maximum atomic E-state index is 12.0. The molecule has 44 heavy (non-hydrogen) atoms. The van der Waals surface area contributed by atoms with Gasteiger partial charge < -0.3 is 45.2 Å². The fraction of sp³-hybridized carbons (Fsp3) is 0.943. The summed E-state index contributed by atoms with van der Waals surface area (Å²) in [6.07, 6.45) is -0.355. The van der Waals surface area contributed by atoms with Gasteiger partial charge in [0.1, 0.15) is 24.4 Å². The van der Waals surface area contributed by atoms with Crippen molar-refractivity contribution >= 4 is 0 Å². The van der Waals surface area contributed by atoms with Gasteiger partial charge in [0.25, 0.3) is 0 Å². The lowest BCUT2D eigenvalue weighted by Gasteiger charge is -2.68. The van der Waals surface area contributed by atoms with Crippen LogP contribution >= 0.6 is 0 Å². The Balaban J connectivity index is 1.50. The number of hydrogen-bond acceptors (Lipinski definition) is 9.